The van der Waals surface area contributed by atoms with Crippen LogP contribution in [0.15, 0.2) is 30.3 Å². The average molecular weight is 380 g/mol. The van der Waals surface area contributed by atoms with Gasteiger partial charge in [0, 0.05) is 31.5 Å². The summed E-state index contributed by atoms with van der Waals surface area (Å²) in [4.78, 5) is 26.7. The van der Waals surface area contributed by atoms with Gasteiger partial charge in [-0.1, -0.05) is 30.3 Å². The van der Waals surface area contributed by atoms with Gasteiger partial charge in [-0.15, -0.1) is 12.4 Å². The fraction of sp³-hybridized carbons (Fsp3) is 0.579. The summed E-state index contributed by atoms with van der Waals surface area (Å²) in [5.74, 6) is 0.468. The van der Waals surface area contributed by atoms with Crippen LogP contribution in [0.1, 0.15) is 37.2 Å². The van der Waals surface area contributed by atoms with Gasteiger partial charge in [-0.25, -0.2) is 0 Å². The van der Waals surface area contributed by atoms with Gasteiger partial charge in [0.25, 0.3) is 0 Å². The molecule has 0 aromatic heterocycles. The lowest BCUT2D eigenvalue weighted by Crippen LogP contribution is -2.43. The highest BCUT2D eigenvalue weighted by atomic mass is 35.5. The van der Waals surface area contributed by atoms with E-state index in [1.54, 1.807) is 0 Å². The molecule has 3 aliphatic rings. The minimum absolute atomic E-state index is 0. The second kappa shape index (κ2) is 7.94. The molecule has 7 heteroatoms. The summed E-state index contributed by atoms with van der Waals surface area (Å²) in [5.41, 5.74) is 6.88. The zero-order chi connectivity index (χ0) is 17.4. The molecule has 0 spiro atoms. The number of benzene rings is 1. The van der Waals surface area contributed by atoms with Crippen molar-refractivity contribution < 1.29 is 14.3 Å². The number of rotatable bonds is 5. The van der Waals surface area contributed by atoms with Crippen LogP contribution < -0.4 is 11.1 Å². The predicted molar refractivity (Wildman–Crippen MR) is 100 cm³/mol. The maximum atomic E-state index is 12.4. The van der Waals surface area contributed by atoms with Crippen molar-refractivity contribution in [1.82, 2.24) is 10.2 Å². The molecule has 2 amide bonds. The van der Waals surface area contributed by atoms with E-state index in [0.29, 0.717) is 31.8 Å². The zero-order valence-corrected chi connectivity index (χ0v) is 15.5. The van der Waals surface area contributed by atoms with Crippen LogP contribution in [-0.4, -0.2) is 54.1 Å². The molecule has 6 nitrogen and oxygen atoms in total. The quantitative estimate of drug-likeness (QED) is 0.804. The molecular weight excluding hydrogens is 354 g/mol. The number of halogens is 1. The molecule has 26 heavy (non-hydrogen) atoms. The van der Waals surface area contributed by atoms with Gasteiger partial charge in [-0.2, -0.15) is 0 Å². The molecule has 2 heterocycles. The van der Waals surface area contributed by atoms with E-state index in [9.17, 15) is 9.59 Å². The first kappa shape index (κ1) is 19.1. The van der Waals surface area contributed by atoms with Crippen LogP contribution in [0.5, 0.6) is 0 Å². The minimum Gasteiger partial charge on any atom is -0.364 e. The molecule has 0 radical (unpaired) electrons. The summed E-state index contributed by atoms with van der Waals surface area (Å²) < 4.78 is 5.64. The van der Waals surface area contributed by atoms with Crippen molar-refractivity contribution in [2.75, 3.05) is 13.1 Å². The number of ether oxygens (including phenoxy) is 1. The van der Waals surface area contributed by atoms with E-state index in [1.165, 1.54) is 5.56 Å². The summed E-state index contributed by atoms with van der Waals surface area (Å²) in [6.45, 7) is 1.05. The second-order valence-electron chi connectivity index (χ2n) is 7.34. The largest absolute Gasteiger partial charge is 0.364 e. The molecule has 142 valence electrons. The number of nitrogens with one attached hydrogen (secondary N) is 1. The third kappa shape index (κ3) is 3.87. The van der Waals surface area contributed by atoms with Crippen molar-refractivity contribution in [1.29, 1.82) is 0 Å². The second-order valence-corrected chi connectivity index (χ2v) is 7.34. The van der Waals surface area contributed by atoms with E-state index in [2.05, 4.69) is 17.4 Å². The van der Waals surface area contributed by atoms with Crippen molar-refractivity contribution in [2.24, 2.45) is 5.73 Å². The Labute approximate surface area is 159 Å². The Morgan fingerprint density at radius 1 is 1.27 bits per heavy atom. The van der Waals surface area contributed by atoms with E-state index in [0.717, 1.165) is 12.8 Å². The average Bonchev–Trinajstić information content (AvgIpc) is 3.10. The molecule has 2 aliphatic heterocycles. The predicted octanol–water partition coefficient (Wildman–Crippen LogP) is 1.19. The van der Waals surface area contributed by atoms with Gasteiger partial charge in [0.15, 0.2) is 0 Å². The Morgan fingerprint density at radius 3 is 2.73 bits per heavy atom. The number of amides is 2. The van der Waals surface area contributed by atoms with Gasteiger partial charge >= 0.3 is 0 Å². The lowest BCUT2D eigenvalue weighted by molar-refractivity contribution is -0.132. The number of nitrogens with two attached hydrogens (primary N) is 1. The molecule has 0 bridgehead atoms. The molecule has 5 atom stereocenters. The Morgan fingerprint density at radius 2 is 2.04 bits per heavy atom. The van der Waals surface area contributed by atoms with Gasteiger partial charge in [-0.3, -0.25) is 9.59 Å². The van der Waals surface area contributed by atoms with E-state index in [-0.39, 0.29) is 42.4 Å². The van der Waals surface area contributed by atoms with E-state index in [1.807, 2.05) is 23.1 Å². The molecule has 3 fully saturated rings. The minimum atomic E-state index is -0.421. The third-order valence-electron chi connectivity index (χ3n) is 5.55. The van der Waals surface area contributed by atoms with E-state index < -0.39 is 6.10 Å². The summed E-state index contributed by atoms with van der Waals surface area (Å²) >= 11 is 0. The van der Waals surface area contributed by atoms with Gasteiger partial charge < -0.3 is 20.7 Å². The first-order chi connectivity index (χ1) is 12.2. The van der Waals surface area contributed by atoms with Gasteiger partial charge in [0.05, 0.1) is 12.1 Å². The number of carbonyl (C=O) groups is 2. The maximum Gasteiger partial charge on any atom is 0.249 e. The SMILES string of the molecule is Cl.NC[C@H]1CC[C@@H](C(=O)NC2CC(=O)N(C3CC3c3ccccc3)C2)O1. The topological polar surface area (TPSA) is 84.7 Å². The first-order valence-corrected chi connectivity index (χ1v) is 9.16. The molecule has 4 rings (SSSR count). The number of nitrogens with zero attached hydrogens (tertiary/aromatic N) is 1. The van der Waals surface area contributed by atoms with Gasteiger partial charge in [0.2, 0.25) is 11.8 Å². The fourth-order valence-electron chi connectivity index (χ4n) is 4.10. The van der Waals surface area contributed by atoms with Crippen molar-refractivity contribution in [3.63, 3.8) is 0 Å². The van der Waals surface area contributed by atoms with Crippen molar-refractivity contribution >= 4 is 24.2 Å². The zero-order valence-electron chi connectivity index (χ0n) is 14.7. The Balaban J connectivity index is 0.00000196. The lowest BCUT2D eigenvalue weighted by Gasteiger charge is -2.19. The highest BCUT2D eigenvalue weighted by molar-refractivity contribution is 5.85. The number of carbonyl (C=O) groups excluding carboxylic acids is 2. The smallest absolute Gasteiger partial charge is 0.249 e. The standard InChI is InChI=1S/C19H25N3O3.ClH/c20-10-14-6-7-17(25-14)19(24)21-13-8-18(23)22(11-13)16-9-15(16)12-4-2-1-3-5-12;/h1-5,13-17H,6-11,20H2,(H,21,24);1H/t13?,14-,15?,16?,17+;/m1./s1. The molecule has 1 aromatic carbocycles. The summed E-state index contributed by atoms with van der Waals surface area (Å²) in [7, 11) is 0. The molecule has 3 N–H and O–H groups in total. The van der Waals surface area contributed by atoms with Crippen molar-refractivity contribution in [3.8, 4) is 0 Å². The van der Waals surface area contributed by atoms with Crippen LogP contribution in [0, 0.1) is 0 Å². The lowest BCUT2D eigenvalue weighted by atomic mass is 10.1. The van der Waals surface area contributed by atoms with Crippen LogP contribution in [0.25, 0.3) is 0 Å². The Bertz CT molecular complexity index is 657. The molecule has 1 aliphatic carbocycles. The van der Waals surface area contributed by atoms with Crippen LogP contribution >= 0.6 is 12.4 Å². The number of hydrogen-bond donors (Lipinski definition) is 2. The maximum absolute atomic E-state index is 12.4. The van der Waals surface area contributed by atoms with Gasteiger partial charge in [0.1, 0.15) is 6.10 Å². The van der Waals surface area contributed by atoms with E-state index in [4.69, 9.17) is 10.5 Å². The monoisotopic (exact) mass is 379 g/mol. The Hall–Kier alpha value is -1.63. The van der Waals surface area contributed by atoms with Crippen LogP contribution in [-0.2, 0) is 14.3 Å². The molecule has 3 unspecified atom stereocenters. The summed E-state index contributed by atoms with van der Waals surface area (Å²) in [5, 5.41) is 3.00. The molecular formula is C19H26ClN3O3. The van der Waals surface area contributed by atoms with Crippen molar-refractivity contribution in [2.45, 2.75) is 55.9 Å². The van der Waals surface area contributed by atoms with Crippen molar-refractivity contribution in [3.05, 3.63) is 35.9 Å². The normalized spacial score (nSPS) is 33.0. The van der Waals surface area contributed by atoms with Crippen LogP contribution in [0.3, 0.4) is 0 Å². The number of likely N-dealkylation sites (tertiary alicyclic amines) is 1. The third-order valence-corrected chi connectivity index (χ3v) is 5.55. The Kier molecular flexibility index (Phi) is 5.85. The van der Waals surface area contributed by atoms with Crippen LogP contribution in [0.4, 0.5) is 0 Å². The summed E-state index contributed by atoms with van der Waals surface area (Å²) in [6, 6.07) is 10.5. The molecule has 2 saturated heterocycles. The highest BCUT2D eigenvalue weighted by Crippen LogP contribution is 2.45. The first-order valence-electron chi connectivity index (χ1n) is 9.16. The number of hydrogen-bond acceptors (Lipinski definition) is 4. The molecule has 1 saturated carbocycles. The van der Waals surface area contributed by atoms with E-state index >= 15 is 0 Å². The summed E-state index contributed by atoms with van der Waals surface area (Å²) in [6.07, 6.45) is 2.49. The molecule has 1 aromatic rings. The fourth-order valence-corrected chi connectivity index (χ4v) is 4.10. The van der Waals surface area contributed by atoms with Gasteiger partial charge in [-0.05, 0) is 24.8 Å². The van der Waals surface area contributed by atoms with Crippen LogP contribution in [0.2, 0.25) is 0 Å². The highest BCUT2D eigenvalue weighted by Gasteiger charge is 2.48.